The van der Waals surface area contributed by atoms with E-state index in [-0.39, 0.29) is 17.9 Å². The smallest absolute Gasteiger partial charge is 0.414 e. The van der Waals surface area contributed by atoms with Gasteiger partial charge in [0.2, 0.25) is 11.8 Å². The van der Waals surface area contributed by atoms with Crippen LogP contribution in [0.4, 0.5) is 16.2 Å². The molecule has 116 valence electrons. The van der Waals surface area contributed by atoms with Crippen molar-refractivity contribution >= 4 is 29.3 Å². The highest BCUT2D eigenvalue weighted by Crippen LogP contribution is 2.32. The van der Waals surface area contributed by atoms with Crippen LogP contribution >= 0.6 is 0 Å². The molecule has 1 N–H and O–H groups in total. The molecule has 1 atom stereocenters. The molecular weight excluding hydrogens is 286 g/mol. The molecule has 0 aliphatic carbocycles. The van der Waals surface area contributed by atoms with E-state index in [0.29, 0.717) is 25.2 Å². The summed E-state index contributed by atoms with van der Waals surface area (Å²) in [5, 5.41) is 2.64. The number of carbonyl (C=O) groups is 3. The molecule has 2 aliphatic heterocycles. The minimum Gasteiger partial charge on any atom is -0.442 e. The van der Waals surface area contributed by atoms with E-state index in [9.17, 15) is 14.4 Å². The van der Waals surface area contributed by atoms with Crippen LogP contribution in [0, 0.1) is 0 Å². The maximum absolute atomic E-state index is 12.0. The first-order chi connectivity index (χ1) is 10.5. The van der Waals surface area contributed by atoms with Crippen LogP contribution < -0.4 is 15.1 Å². The quantitative estimate of drug-likeness (QED) is 0.890. The molecular formula is C15H17N3O4. The number of nitrogens with one attached hydrogen (secondary N) is 1. The third-order valence-corrected chi connectivity index (χ3v) is 3.90. The summed E-state index contributed by atoms with van der Waals surface area (Å²) in [6.45, 7) is 2.09. The fourth-order valence-corrected chi connectivity index (χ4v) is 2.72. The van der Waals surface area contributed by atoms with Gasteiger partial charge in [-0.15, -0.1) is 0 Å². The van der Waals surface area contributed by atoms with Crippen molar-refractivity contribution in [2.24, 2.45) is 0 Å². The molecule has 0 saturated carbocycles. The lowest BCUT2D eigenvalue weighted by atomic mass is 10.1. The van der Waals surface area contributed by atoms with Gasteiger partial charge >= 0.3 is 6.09 Å². The molecule has 3 rings (SSSR count). The average Bonchev–Trinajstić information content (AvgIpc) is 2.97. The Morgan fingerprint density at radius 3 is 2.91 bits per heavy atom. The highest BCUT2D eigenvalue weighted by Gasteiger charge is 2.33. The number of hydrogen-bond acceptors (Lipinski definition) is 4. The molecule has 7 heteroatoms. The second-order valence-electron chi connectivity index (χ2n) is 5.50. The zero-order chi connectivity index (χ0) is 15.9. The number of nitrogens with zero attached hydrogens (tertiary/aromatic N) is 2. The average molecular weight is 303 g/mol. The van der Waals surface area contributed by atoms with Crippen molar-refractivity contribution < 1.29 is 19.1 Å². The van der Waals surface area contributed by atoms with Gasteiger partial charge in [-0.2, -0.15) is 0 Å². The minimum absolute atomic E-state index is 0.0414. The number of amides is 3. The molecule has 1 aromatic carbocycles. The van der Waals surface area contributed by atoms with E-state index in [1.54, 1.807) is 18.0 Å². The van der Waals surface area contributed by atoms with Crippen LogP contribution in [0.2, 0.25) is 0 Å². The molecule has 2 heterocycles. The summed E-state index contributed by atoms with van der Waals surface area (Å²) in [5.74, 6) is -0.117. The first-order valence-electron chi connectivity index (χ1n) is 7.08. The second kappa shape index (κ2) is 5.32. The Morgan fingerprint density at radius 1 is 1.41 bits per heavy atom. The van der Waals surface area contributed by atoms with Gasteiger partial charge in [0.25, 0.3) is 0 Å². The summed E-state index contributed by atoms with van der Waals surface area (Å²) in [5.41, 5.74) is 2.48. The number of cyclic esters (lactones) is 1. The van der Waals surface area contributed by atoms with E-state index in [0.717, 1.165) is 11.3 Å². The molecule has 1 aromatic rings. The van der Waals surface area contributed by atoms with Gasteiger partial charge in [-0.3, -0.25) is 14.5 Å². The summed E-state index contributed by atoms with van der Waals surface area (Å²) in [6.07, 6.45) is -0.459. The van der Waals surface area contributed by atoms with Gasteiger partial charge < -0.3 is 15.0 Å². The Kier molecular flexibility index (Phi) is 3.48. The summed E-state index contributed by atoms with van der Waals surface area (Å²) in [6, 6.07) is 5.48. The molecule has 2 aliphatic rings. The predicted octanol–water partition coefficient (Wildman–Crippen LogP) is 0.667. The van der Waals surface area contributed by atoms with Crippen molar-refractivity contribution in [1.29, 1.82) is 0 Å². The maximum atomic E-state index is 12.0. The molecule has 7 nitrogen and oxygen atoms in total. The summed E-state index contributed by atoms with van der Waals surface area (Å²) in [4.78, 5) is 37.7. The lowest BCUT2D eigenvalue weighted by Crippen LogP contribution is -2.33. The van der Waals surface area contributed by atoms with Crippen molar-refractivity contribution in [3.05, 3.63) is 23.8 Å². The zero-order valence-corrected chi connectivity index (χ0v) is 12.5. The molecule has 3 amide bonds. The van der Waals surface area contributed by atoms with Gasteiger partial charge in [0, 0.05) is 25.3 Å². The summed E-state index contributed by atoms with van der Waals surface area (Å²) >= 11 is 0. The Hall–Kier alpha value is -2.57. The molecule has 0 aromatic heterocycles. The number of benzene rings is 1. The van der Waals surface area contributed by atoms with Crippen molar-refractivity contribution in [3.63, 3.8) is 0 Å². The largest absolute Gasteiger partial charge is 0.442 e. The highest BCUT2D eigenvalue weighted by molar-refractivity contribution is 6.02. The monoisotopic (exact) mass is 303 g/mol. The van der Waals surface area contributed by atoms with Gasteiger partial charge in [0.1, 0.15) is 6.10 Å². The third-order valence-electron chi connectivity index (χ3n) is 3.90. The Labute approximate surface area is 127 Å². The minimum atomic E-state index is -0.437. The lowest BCUT2D eigenvalue weighted by molar-refractivity contribution is -0.119. The van der Waals surface area contributed by atoms with E-state index in [4.69, 9.17) is 4.74 Å². The van der Waals surface area contributed by atoms with Crippen molar-refractivity contribution in [3.8, 4) is 0 Å². The van der Waals surface area contributed by atoms with Crippen molar-refractivity contribution in [1.82, 2.24) is 5.32 Å². The number of hydrogen-bond donors (Lipinski definition) is 1. The van der Waals surface area contributed by atoms with E-state index in [1.165, 1.54) is 11.8 Å². The van der Waals surface area contributed by atoms with Gasteiger partial charge in [0.15, 0.2) is 0 Å². The van der Waals surface area contributed by atoms with Crippen molar-refractivity contribution in [2.75, 3.05) is 29.9 Å². The third kappa shape index (κ3) is 2.49. The molecule has 1 saturated heterocycles. The fourth-order valence-electron chi connectivity index (χ4n) is 2.72. The van der Waals surface area contributed by atoms with Gasteiger partial charge in [-0.05, 0) is 23.8 Å². The molecule has 1 fully saturated rings. The molecule has 0 bridgehead atoms. The molecule has 22 heavy (non-hydrogen) atoms. The molecule has 0 spiro atoms. The van der Waals surface area contributed by atoms with Crippen LogP contribution in [0.15, 0.2) is 18.2 Å². The first kappa shape index (κ1) is 14.4. The van der Waals surface area contributed by atoms with Crippen LogP contribution in [0.5, 0.6) is 0 Å². The maximum Gasteiger partial charge on any atom is 0.414 e. The lowest BCUT2D eigenvalue weighted by Gasteiger charge is -2.15. The van der Waals surface area contributed by atoms with E-state index in [1.807, 2.05) is 12.1 Å². The number of carbonyl (C=O) groups excluding carboxylic acids is 3. The van der Waals surface area contributed by atoms with Crippen LogP contribution in [-0.4, -0.2) is 44.1 Å². The molecule has 1 unspecified atom stereocenters. The number of fused-ring (bicyclic) bond motifs is 1. The standard InChI is InChI=1S/C15H17N3O4/c1-9(19)16-7-12-8-18(15(21)22-12)11-3-4-13-10(5-11)6-14(20)17(13)2/h3-5,12H,6-8H2,1-2H3,(H,16,19). The number of likely N-dealkylation sites (N-methyl/N-ethyl adjacent to an activating group) is 1. The van der Waals surface area contributed by atoms with Crippen LogP contribution in [0.3, 0.4) is 0 Å². The van der Waals surface area contributed by atoms with Crippen LogP contribution in [-0.2, 0) is 20.7 Å². The Morgan fingerprint density at radius 2 is 2.18 bits per heavy atom. The zero-order valence-electron chi connectivity index (χ0n) is 12.5. The summed E-state index contributed by atoms with van der Waals surface area (Å²) < 4.78 is 5.24. The van der Waals surface area contributed by atoms with E-state index >= 15 is 0 Å². The Balaban J connectivity index is 1.75. The predicted molar refractivity (Wildman–Crippen MR) is 79.9 cm³/mol. The number of rotatable bonds is 3. The van der Waals surface area contributed by atoms with Gasteiger partial charge in [-0.1, -0.05) is 0 Å². The van der Waals surface area contributed by atoms with Gasteiger partial charge in [0.05, 0.1) is 19.5 Å². The van der Waals surface area contributed by atoms with Gasteiger partial charge in [-0.25, -0.2) is 4.79 Å². The van der Waals surface area contributed by atoms with E-state index < -0.39 is 6.09 Å². The first-order valence-corrected chi connectivity index (χ1v) is 7.08. The normalized spacial score (nSPS) is 20.2. The van der Waals surface area contributed by atoms with Crippen LogP contribution in [0.25, 0.3) is 0 Å². The highest BCUT2D eigenvalue weighted by atomic mass is 16.6. The van der Waals surface area contributed by atoms with Crippen molar-refractivity contribution in [2.45, 2.75) is 19.4 Å². The topological polar surface area (TPSA) is 79.0 Å². The van der Waals surface area contributed by atoms with Crippen LogP contribution in [0.1, 0.15) is 12.5 Å². The number of anilines is 2. The number of ether oxygens (including phenoxy) is 1. The van der Waals surface area contributed by atoms with E-state index in [2.05, 4.69) is 5.32 Å². The Bertz CT molecular complexity index is 658. The second-order valence-corrected chi connectivity index (χ2v) is 5.50. The fraction of sp³-hybridized carbons (Fsp3) is 0.400. The SMILES string of the molecule is CC(=O)NCC1CN(c2ccc3c(c2)CC(=O)N3C)C(=O)O1. The summed E-state index contributed by atoms with van der Waals surface area (Å²) in [7, 11) is 1.74. The molecule has 0 radical (unpaired) electrons.